The number of anilines is 1. The van der Waals surface area contributed by atoms with Gasteiger partial charge in [-0.3, -0.25) is 4.79 Å². The SMILES string of the molecule is O=C(Nc1cccc(-n2[nH]nnc2=S)c1)c1cc(O)c(O)c(O)c1. The molecular formula is C14H11N5O4S. The molecule has 0 aliphatic heterocycles. The Morgan fingerprint density at radius 2 is 1.88 bits per heavy atom. The van der Waals surface area contributed by atoms with Crippen molar-refractivity contribution < 1.29 is 20.1 Å². The summed E-state index contributed by atoms with van der Waals surface area (Å²) in [5.74, 6) is -2.45. The quantitative estimate of drug-likeness (QED) is 0.360. The second-order valence-corrected chi connectivity index (χ2v) is 5.15. The molecule has 0 unspecified atom stereocenters. The first-order valence-corrected chi connectivity index (χ1v) is 7.03. The van der Waals surface area contributed by atoms with Gasteiger partial charge in [-0.1, -0.05) is 16.4 Å². The van der Waals surface area contributed by atoms with Crippen molar-refractivity contribution in [2.45, 2.75) is 0 Å². The third-order valence-electron chi connectivity index (χ3n) is 3.17. The predicted molar refractivity (Wildman–Crippen MR) is 85.9 cm³/mol. The van der Waals surface area contributed by atoms with Gasteiger partial charge in [0.05, 0.1) is 5.69 Å². The molecule has 0 saturated heterocycles. The molecule has 0 fully saturated rings. The molecule has 10 heteroatoms. The van der Waals surface area contributed by atoms with Crippen molar-refractivity contribution in [3.63, 3.8) is 0 Å². The van der Waals surface area contributed by atoms with Crippen molar-refractivity contribution in [1.82, 2.24) is 20.2 Å². The van der Waals surface area contributed by atoms with E-state index < -0.39 is 23.2 Å². The van der Waals surface area contributed by atoms with Crippen LogP contribution in [0.1, 0.15) is 10.4 Å². The first kappa shape index (κ1) is 15.5. The number of nitrogens with zero attached hydrogens (tertiary/aromatic N) is 3. The maximum Gasteiger partial charge on any atom is 0.255 e. The normalized spacial score (nSPS) is 10.5. The molecule has 0 spiro atoms. The lowest BCUT2D eigenvalue weighted by Gasteiger charge is -2.09. The number of rotatable bonds is 3. The average Bonchev–Trinajstić information content (AvgIpc) is 2.98. The Hall–Kier alpha value is -3.40. The summed E-state index contributed by atoms with van der Waals surface area (Å²) in [6, 6.07) is 8.80. The van der Waals surface area contributed by atoms with E-state index in [1.807, 2.05) is 0 Å². The molecule has 5 N–H and O–H groups in total. The lowest BCUT2D eigenvalue weighted by atomic mass is 10.1. The van der Waals surface area contributed by atoms with E-state index in [-0.39, 0.29) is 10.3 Å². The number of phenolic OH excluding ortho intramolecular Hbond substituents is 3. The standard InChI is InChI=1S/C14H11N5O4S/c20-10-4-7(5-11(21)12(10)22)13(23)15-8-2-1-3-9(6-8)19-14(24)16-17-18-19/h1-6,20-22H,(H,15,23)(H,16,18,24). The lowest BCUT2D eigenvalue weighted by molar-refractivity contribution is 0.102. The molecule has 1 aromatic heterocycles. The molecule has 0 radical (unpaired) electrons. The number of tetrazole rings is 1. The fourth-order valence-electron chi connectivity index (χ4n) is 2.03. The minimum Gasteiger partial charge on any atom is -0.504 e. The van der Waals surface area contributed by atoms with Crippen LogP contribution in [0.3, 0.4) is 0 Å². The molecule has 0 atom stereocenters. The Kier molecular flexibility index (Phi) is 3.88. The van der Waals surface area contributed by atoms with Crippen molar-refractivity contribution in [3.05, 3.63) is 46.7 Å². The lowest BCUT2D eigenvalue weighted by Crippen LogP contribution is -2.12. The molecule has 3 rings (SSSR count). The highest BCUT2D eigenvalue weighted by Gasteiger charge is 2.14. The Balaban J connectivity index is 1.88. The zero-order chi connectivity index (χ0) is 17.3. The number of amides is 1. The highest BCUT2D eigenvalue weighted by atomic mass is 32.1. The van der Waals surface area contributed by atoms with E-state index in [2.05, 4.69) is 20.8 Å². The number of benzene rings is 2. The van der Waals surface area contributed by atoms with Crippen molar-refractivity contribution in [2.75, 3.05) is 5.32 Å². The molecule has 0 aliphatic carbocycles. The third kappa shape index (κ3) is 2.90. The second kappa shape index (κ2) is 6.01. The number of hydrogen-bond acceptors (Lipinski definition) is 7. The molecule has 3 aromatic rings. The molecule has 0 bridgehead atoms. The zero-order valence-corrected chi connectivity index (χ0v) is 12.8. The number of carbonyl (C=O) groups is 1. The fraction of sp³-hybridized carbons (Fsp3) is 0. The summed E-state index contributed by atoms with van der Waals surface area (Å²) in [5, 5.41) is 40.7. The van der Waals surface area contributed by atoms with Gasteiger partial charge in [-0.05, 0) is 42.5 Å². The minimum absolute atomic E-state index is 0.0204. The number of phenols is 3. The van der Waals surface area contributed by atoms with Gasteiger partial charge in [-0.15, -0.1) is 0 Å². The highest BCUT2D eigenvalue weighted by molar-refractivity contribution is 7.71. The van der Waals surface area contributed by atoms with Gasteiger partial charge < -0.3 is 20.6 Å². The summed E-state index contributed by atoms with van der Waals surface area (Å²) in [5.41, 5.74) is 1.04. The monoisotopic (exact) mass is 345 g/mol. The van der Waals surface area contributed by atoms with E-state index in [0.29, 0.717) is 11.4 Å². The van der Waals surface area contributed by atoms with Crippen LogP contribution in [0.5, 0.6) is 17.2 Å². The van der Waals surface area contributed by atoms with Crippen molar-refractivity contribution in [3.8, 4) is 22.9 Å². The number of aromatic amines is 1. The molecule has 9 nitrogen and oxygen atoms in total. The summed E-state index contributed by atoms with van der Waals surface area (Å²) in [6.07, 6.45) is 0. The maximum absolute atomic E-state index is 12.2. The van der Waals surface area contributed by atoms with Crippen molar-refractivity contribution >= 4 is 23.8 Å². The largest absolute Gasteiger partial charge is 0.504 e. The molecule has 1 amide bonds. The Morgan fingerprint density at radius 3 is 2.50 bits per heavy atom. The fourth-order valence-corrected chi connectivity index (χ4v) is 2.21. The molecule has 2 aromatic carbocycles. The van der Waals surface area contributed by atoms with E-state index in [0.717, 1.165) is 12.1 Å². The Morgan fingerprint density at radius 1 is 1.17 bits per heavy atom. The van der Waals surface area contributed by atoms with E-state index >= 15 is 0 Å². The van der Waals surface area contributed by atoms with Crippen LogP contribution in [0.15, 0.2) is 36.4 Å². The maximum atomic E-state index is 12.2. The first-order valence-electron chi connectivity index (χ1n) is 6.62. The summed E-state index contributed by atoms with van der Waals surface area (Å²) in [7, 11) is 0. The number of carbonyl (C=O) groups excluding carboxylic acids is 1. The van der Waals surface area contributed by atoms with Crippen LogP contribution in [-0.2, 0) is 0 Å². The number of aromatic nitrogens is 4. The molecule has 0 aliphatic rings. The predicted octanol–water partition coefficient (Wildman–Crippen LogP) is 1.69. The van der Waals surface area contributed by atoms with Crippen LogP contribution in [-0.4, -0.2) is 41.4 Å². The number of nitrogens with one attached hydrogen (secondary N) is 2. The number of aromatic hydroxyl groups is 3. The minimum atomic E-state index is -0.685. The topological polar surface area (TPSA) is 136 Å². The van der Waals surface area contributed by atoms with Gasteiger partial charge in [0.15, 0.2) is 17.2 Å². The molecule has 1 heterocycles. The molecule has 24 heavy (non-hydrogen) atoms. The van der Waals surface area contributed by atoms with Crippen LogP contribution in [0.2, 0.25) is 0 Å². The third-order valence-corrected chi connectivity index (χ3v) is 3.43. The number of hydrogen-bond donors (Lipinski definition) is 5. The molecular weight excluding hydrogens is 334 g/mol. The van der Waals surface area contributed by atoms with Gasteiger partial charge in [0.1, 0.15) is 0 Å². The van der Waals surface area contributed by atoms with Crippen LogP contribution in [0.4, 0.5) is 5.69 Å². The molecule has 0 saturated carbocycles. The molecule has 122 valence electrons. The summed E-state index contributed by atoms with van der Waals surface area (Å²) in [4.78, 5) is 12.2. The van der Waals surface area contributed by atoms with E-state index in [4.69, 9.17) is 12.2 Å². The van der Waals surface area contributed by atoms with E-state index in [1.54, 1.807) is 24.3 Å². The van der Waals surface area contributed by atoms with Gasteiger partial charge in [-0.25, -0.2) is 4.68 Å². The smallest absolute Gasteiger partial charge is 0.255 e. The van der Waals surface area contributed by atoms with Crippen molar-refractivity contribution in [1.29, 1.82) is 0 Å². The van der Waals surface area contributed by atoms with Crippen LogP contribution in [0.25, 0.3) is 5.69 Å². The van der Waals surface area contributed by atoms with Gasteiger partial charge >= 0.3 is 0 Å². The average molecular weight is 345 g/mol. The summed E-state index contributed by atoms with van der Waals surface area (Å²) < 4.78 is 1.68. The Bertz CT molecular complexity index is 958. The van der Waals surface area contributed by atoms with Crippen LogP contribution >= 0.6 is 12.2 Å². The van der Waals surface area contributed by atoms with Crippen LogP contribution in [0, 0.1) is 4.77 Å². The van der Waals surface area contributed by atoms with Crippen molar-refractivity contribution in [2.24, 2.45) is 0 Å². The van der Waals surface area contributed by atoms with E-state index in [1.165, 1.54) is 4.68 Å². The summed E-state index contributed by atoms with van der Waals surface area (Å²) >= 11 is 5.01. The van der Waals surface area contributed by atoms with Gasteiger partial charge in [0.25, 0.3) is 5.91 Å². The zero-order valence-electron chi connectivity index (χ0n) is 12.0. The van der Waals surface area contributed by atoms with E-state index in [9.17, 15) is 20.1 Å². The second-order valence-electron chi connectivity index (χ2n) is 4.79. The van der Waals surface area contributed by atoms with Crippen LogP contribution < -0.4 is 5.32 Å². The number of H-pyrrole nitrogens is 1. The first-order chi connectivity index (χ1) is 11.5. The summed E-state index contributed by atoms with van der Waals surface area (Å²) in [6.45, 7) is 0. The van der Waals surface area contributed by atoms with Gasteiger partial charge in [-0.2, -0.15) is 5.21 Å². The van der Waals surface area contributed by atoms with Gasteiger partial charge in [0.2, 0.25) is 4.77 Å². The highest BCUT2D eigenvalue weighted by Crippen LogP contribution is 2.35. The van der Waals surface area contributed by atoms with Gasteiger partial charge in [0, 0.05) is 11.3 Å². The Labute approximate surface area is 139 Å².